The van der Waals surface area contributed by atoms with Gasteiger partial charge in [0.1, 0.15) is 33.5 Å². The highest BCUT2D eigenvalue weighted by Crippen LogP contribution is 2.45. The molecular formula is C36H26N8O13S. The molecule has 6 aromatic rings. The van der Waals surface area contributed by atoms with Crippen LogP contribution >= 0.6 is 0 Å². The van der Waals surface area contributed by atoms with Crippen molar-refractivity contribution in [3.05, 3.63) is 112 Å². The van der Waals surface area contributed by atoms with E-state index in [1.54, 1.807) is 30.3 Å². The number of methoxy groups -OCH3 is 2. The van der Waals surface area contributed by atoms with E-state index in [9.17, 15) is 52.6 Å². The minimum atomic E-state index is -5.04. The first-order chi connectivity index (χ1) is 27.6. The van der Waals surface area contributed by atoms with Gasteiger partial charge in [-0.2, -0.15) is 18.6 Å². The largest absolute Gasteiger partial charge is 0.505 e. The number of nitrogens with zero attached hydrogens (tertiary/aromatic N) is 7. The van der Waals surface area contributed by atoms with Gasteiger partial charge in [0.25, 0.3) is 15.7 Å². The predicted octanol–water partition coefficient (Wildman–Crippen LogP) is 7.63. The van der Waals surface area contributed by atoms with Crippen molar-refractivity contribution < 1.29 is 57.3 Å². The number of hydrogen-bond donors (Lipinski definition) is 6. The van der Waals surface area contributed by atoms with Crippen LogP contribution in [0.5, 0.6) is 17.2 Å². The van der Waals surface area contributed by atoms with E-state index in [-0.39, 0.29) is 56.1 Å². The Morgan fingerprint density at radius 3 is 1.79 bits per heavy atom. The van der Waals surface area contributed by atoms with Crippen LogP contribution in [-0.2, 0) is 10.1 Å². The summed E-state index contributed by atoms with van der Waals surface area (Å²) in [7, 11) is -2.54. The van der Waals surface area contributed by atoms with Crippen LogP contribution in [0, 0.1) is 0 Å². The third kappa shape index (κ3) is 8.12. The molecule has 294 valence electrons. The summed E-state index contributed by atoms with van der Waals surface area (Å²) in [5, 5.41) is 66.0. The van der Waals surface area contributed by atoms with Crippen molar-refractivity contribution in [2.45, 2.75) is 4.90 Å². The Bertz CT molecular complexity index is 2890. The average Bonchev–Trinajstić information content (AvgIpc) is 3.54. The molecule has 0 aliphatic heterocycles. The maximum Gasteiger partial charge on any atom is 0.356 e. The van der Waals surface area contributed by atoms with Gasteiger partial charge in [-0.1, -0.05) is 24.3 Å². The van der Waals surface area contributed by atoms with Gasteiger partial charge in [0.05, 0.1) is 42.4 Å². The summed E-state index contributed by atoms with van der Waals surface area (Å²) in [6, 6.07) is 18.7. The summed E-state index contributed by atoms with van der Waals surface area (Å²) in [5.74, 6) is -5.12. The Morgan fingerprint density at radius 2 is 1.24 bits per heavy atom. The lowest BCUT2D eigenvalue weighted by molar-refractivity contribution is 0.0678. The number of azo groups is 3. The molecule has 0 radical (unpaired) electrons. The molecule has 0 unspecified atom stereocenters. The van der Waals surface area contributed by atoms with Gasteiger partial charge in [0.15, 0.2) is 17.1 Å². The lowest BCUT2D eigenvalue weighted by Crippen LogP contribution is -2.13. The number of rotatable bonds is 13. The molecule has 0 saturated heterocycles. The number of hydrogen-bond acceptors (Lipinski definition) is 15. The van der Waals surface area contributed by atoms with Gasteiger partial charge < -0.3 is 29.9 Å². The highest BCUT2D eigenvalue weighted by Gasteiger charge is 2.24. The molecule has 0 aliphatic rings. The van der Waals surface area contributed by atoms with Gasteiger partial charge in [0, 0.05) is 17.5 Å². The van der Waals surface area contributed by atoms with E-state index in [1.807, 2.05) is 0 Å². The maximum absolute atomic E-state index is 13.1. The number of ether oxygens (including phenoxy) is 2. The number of nitrogens with one attached hydrogen (secondary N) is 1. The minimum Gasteiger partial charge on any atom is -0.505 e. The number of para-hydroxylation sites is 1. The van der Waals surface area contributed by atoms with E-state index in [0.29, 0.717) is 5.69 Å². The molecule has 6 N–H and O–H groups in total. The number of benzene rings is 5. The van der Waals surface area contributed by atoms with Crippen molar-refractivity contribution >= 4 is 72.9 Å². The van der Waals surface area contributed by atoms with E-state index < -0.39 is 61.3 Å². The standard InChI is InChI=1S/C36H26N8O13S/c1-56-26-16-25(27(57-2)15-24(26)39-38-21-11-18(34(47)48)10-19(12-21)35(49)50)40-41-29-28(58(53,54)55)13-17-8-9-20(14-23(17)32(29)45)37-42-30-31(36(51)52)43-44(33(30)46)22-6-4-3-5-7-22/h3-16,43,45H,1-2H3,(H,47,48)(H,49,50)(H,51,52)(H,53,54,55). The van der Waals surface area contributed by atoms with Gasteiger partial charge in [0.2, 0.25) is 0 Å². The van der Waals surface area contributed by atoms with E-state index in [0.717, 1.165) is 28.9 Å². The molecular weight excluding hydrogens is 785 g/mol. The zero-order valence-electron chi connectivity index (χ0n) is 29.6. The number of aromatic hydroxyl groups is 1. The second-order valence-corrected chi connectivity index (χ2v) is 13.1. The number of carbonyl (C=O) groups is 3. The minimum absolute atomic E-state index is 0.00104. The van der Waals surface area contributed by atoms with Crippen molar-refractivity contribution in [1.82, 2.24) is 9.78 Å². The molecule has 22 heteroatoms. The number of aromatic nitrogens is 2. The number of aromatic amines is 1. The zero-order valence-corrected chi connectivity index (χ0v) is 30.4. The molecule has 6 rings (SSSR count). The van der Waals surface area contributed by atoms with E-state index in [1.165, 1.54) is 44.6 Å². The molecule has 1 aromatic heterocycles. The Labute approximate surface area is 324 Å². The van der Waals surface area contributed by atoms with Gasteiger partial charge >= 0.3 is 17.9 Å². The summed E-state index contributed by atoms with van der Waals surface area (Å²) in [4.78, 5) is 47.2. The molecule has 0 fully saturated rings. The molecule has 21 nitrogen and oxygen atoms in total. The Kier molecular flexibility index (Phi) is 10.9. The first kappa shape index (κ1) is 39.6. The molecule has 1 heterocycles. The molecule has 5 aromatic carbocycles. The molecule has 58 heavy (non-hydrogen) atoms. The van der Waals surface area contributed by atoms with Crippen LogP contribution in [0.25, 0.3) is 16.5 Å². The number of carboxylic acids is 3. The summed E-state index contributed by atoms with van der Waals surface area (Å²) >= 11 is 0. The summed E-state index contributed by atoms with van der Waals surface area (Å²) in [5.41, 5.74) is -3.23. The summed E-state index contributed by atoms with van der Waals surface area (Å²) < 4.78 is 46.8. The van der Waals surface area contributed by atoms with E-state index >= 15 is 0 Å². The van der Waals surface area contributed by atoms with Crippen molar-refractivity contribution in [3.63, 3.8) is 0 Å². The van der Waals surface area contributed by atoms with Gasteiger partial charge in [-0.3, -0.25) is 14.4 Å². The Balaban J connectivity index is 1.39. The van der Waals surface area contributed by atoms with Gasteiger partial charge in [-0.15, -0.1) is 20.5 Å². The van der Waals surface area contributed by atoms with Crippen LogP contribution in [-0.4, -0.2) is 75.3 Å². The summed E-state index contributed by atoms with van der Waals surface area (Å²) in [6.07, 6.45) is 0. The average molecular weight is 811 g/mol. The Morgan fingerprint density at radius 1 is 0.672 bits per heavy atom. The van der Waals surface area contributed by atoms with Crippen LogP contribution in [0.1, 0.15) is 31.2 Å². The van der Waals surface area contributed by atoms with E-state index in [4.69, 9.17) is 9.47 Å². The number of carboxylic acid groups (broad SMARTS) is 3. The second kappa shape index (κ2) is 15.9. The maximum atomic E-state index is 13.1. The molecule has 0 spiro atoms. The summed E-state index contributed by atoms with van der Waals surface area (Å²) in [6.45, 7) is 0. The smallest absolute Gasteiger partial charge is 0.356 e. The SMILES string of the molecule is COc1cc(N=Nc2c(S(=O)(=O)O)cc3ccc(N=Nc4c(C(=O)O)[nH]n(-c5ccccc5)c4=O)cc3c2O)c(OC)cc1N=Nc1cc(C(=O)O)cc(C(=O)O)c1. The van der Waals surface area contributed by atoms with Crippen LogP contribution in [0.4, 0.5) is 34.1 Å². The monoisotopic (exact) mass is 810 g/mol. The molecule has 0 amide bonds. The molecule has 0 saturated carbocycles. The van der Waals surface area contributed by atoms with Crippen LogP contribution < -0.4 is 15.0 Å². The number of phenols is 1. The fraction of sp³-hybridized carbons (Fsp3) is 0.0556. The number of H-pyrrole nitrogens is 1. The zero-order chi connectivity index (χ0) is 41.9. The number of aromatic carboxylic acids is 3. The highest BCUT2D eigenvalue weighted by atomic mass is 32.2. The van der Waals surface area contributed by atoms with Crippen LogP contribution in [0.15, 0.2) is 125 Å². The fourth-order valence-electron chi connectivity index (χ4n) is 5.37. The Hall–Kier alpha value is -8.11. The van der Waals surface area contributed by atoms with Crippen molar-refractivity contribution in [2.24, 2.45) is 30.7 Å². The quantitative estimate of drug-likeness (QED) is 0.0483. The lowest BCUT2D eigenvalue weighted by Gasteiger charge is -2.11. The topological polar surface area (TPSA) is 317 Å². The molecule has 0 aliphatic carbocycles. The third-order valence-corrected chi connectivity index (χ3v) is 8.96. The number of fused-ring (bicyclic) bond motifs is 1. The predicted molar refractivity (Wildman–Crippen MR) is 201 cm³/mol. The van der Waals surface area contributed by atoms with Crippen molar-refractivity contribution in [1.29, 1.82) is 0 Å². The highest BCUT2D eigenvalue weighted by molar-refractivity contribution is 7.86. The normalized spacial score (nSPS) is 11.8. The molecule has 0 bridgehead atoms. The first-order valence-corrected chi connectivity index (χ1v) is 17.6. The number of phenolic OH excluding ortho intramolecular Hbond substituents is 1. The molecule has 0 atom stereocenters. The van der Waals surface area contributed by atoms with Crippen LogP contribution in [0.2, 0.25) is 0 Å². The van der Waals surface area contributed by atoms with Gasteiger partial charge in [-0.25, -0.2) is 19.1 Å². The second-order valence-electron chi connectivity index (χ2n) is 11.7. The van der Waals surface area contributed by atoms with Crippen molar-refractivity contribution in [3.8, 4) is 22.9 Å². The van der Waals surface area contributed by atoms with Crippen molar-refractivity contribution in [2.75, 3.05) is 14.2 Å². The van der Waals surface area contributed by atoms with Crippen LogP contribution in [0.3, 0.4) is 0 Å². The lowest BCUT2D eigenvalue weighted by atomic mass is 10.1. The van der Waals surface area contributed by atoms with E-state index in [2.05, 4.69) is 35.8 Å². The first-order valence-electron chi connectivity index (χ1n) is 16.1. The fourth-order valence-corrected chi connectivity index (χ4v) is 6.03. The third-order valence-electron chi connectivity index (χ3n) is 8.10. The van der Waals surface area contributed by atoms with Gasteiger partial charge in [-0.05, 0) is 53.9 Å².